The molecule has 0 bridgehead atoms. The van der Waals surface area contributed by atoms with Crippen molar-refractivity contribution < 1.29 is 19.1 Å². The monoisotopic (exact) mass is 468 g/mol. The maximum Gasteiger partial charge on any atom is 0.410 e. The van der Waals surface area contributed by atoms with Gasteiger partial charge in [0, 0.05) is 26.2 Å². The van der Waals surface area contributed by atoms with E-state index in [0.717, 1.165) is 113 Å². The highest BCUT2D eigenvalue weighted by Crippen LogP contribution is 2.50. The van der Waals surface area contributed by atoms with Crippen LogP contribution in [0.25, 0.3) is 0 Å². The number of hydrogen-bond acceptors (Lipinski definition) is 4. The molecule has 2 saturated heterocycles. The number of benzene rings is 1. The van der Waals surface area contributed by atoms with E-state index in [-0.39, 0.29) is 17.6 Å². The second kappa shape index (κ2) is 10.2. The van der Waals surface area contributed by atoms with Gasteiger partial charge >= 0.3 is 6.09 Å². The Kier molecular flexibility index (Phi) is 7.03. The van der Waals surface area contributed by atoms with Crippen molar-refractivity contribution in [3.8, 4) is 5.75 Å². The molecule has 2 saturated carbocycles. The Hall–Kier alpha value is -2.24. The average Bonchev–Trinajstić information content (AvgIpc) is 3.75. The Labute approximate surface area is 204 Å². The molecular weight excluding hydrogens is 428 g/mol. The lowest BCUT2D eigenvalue weighted by Crippen LogP contribution is -2.41. The van der Waals surface area contributed by atoms with E-state index in [1.807, 2.05) is 34.1 Å². The number of carbonyl (C=O) groups excluding carboxylic acids is 2. The summed E-state index contributed by atoms with van der Waals surface area (Å²) >= 11 is 0. The van der Waals surface area contributed by atoms with Crippen LogP contribution in [-0.4, -0.2) is 60.2 Å². The number of amides is 2. The minimum Gasteiger partial charge on any atom is -0.494 e. The summed E-state index contributed by atoms with van der Waals surface area (Å²) in [5, 5.41) is 0. The first-order chi connectivity index (χ1) is 16.5. The third kappa shape index (κ3) is 5.69. The van der Waals surface area contributed by atoms with E-state index in [1.165, 1.54) is 6.42 Å². The predicted molar refractivity (Wildman–Crippen MR) is 131 cm³/mol. The van der Waals surface area contributed by atoms with Gasteiger partial charge in [0.1, 0.15) is 11.4 Å². The van der Waals surface area contributed by atoms with E-state index in [1.54, 1.807) is 0 Å². The predicted octanol–water partition coefficient (Wildman–Crippen LogP) is 5.05. The smallest absolute Gasteiger partial charge is 0.410 e. The molecule has 1 aromatic rings. The van der Waals surface area contributed by atoms with Crippen LogP contribution >= 0.6 is 0 Å². The highest BCUT2D eigenvalue weighted by atomic mass is 16.6. The van der Waals surface area contributed by atoms with Crippen LogP contribution in [-0.2, 0) is 16.0 Å². The van der Waals surface area contributed by atoms with Crippen molar-refractivity contribution in [3.63, 3.8) is 0 Å². The molecule has 1 aromatic carbocycles. The lowest BCUT2D eigenvalue weighted by molar-refractivity contribution is -0.129. The highest BCUT2D eigenvalue weighted by Gasteiger charge is 2.47. The molecule has 0 spiro atoms. The molecule has 0 aromatic heterocycles. The number of piperidine rings is 1. The van der Waals surface area contributed by atoms with Gasteiger partial charge in [-0.3, -0.25) is 4.79 Å². The van der Waals surface area contributed by atoms with Crippen molar-refractivity contribution in [3.05, 3.63) is 29.8 Å². The van der Waals surface area contributed by atoms with Crippen molar-refractivity contribution in [2.45, 2.75) is 76.7 Å². The van der Waals surface area contributed by atoms with Gasteiger partial charge in [0.05, 0.1) is 13.0 Å². The van der Waals surface area contributed by atoms with Gasteiger partial charge in [-0.25, -0.2) is 4.79 Å². The fourth-order valence-electron chi connectivity index (χ4n) is 5.89. The molecule has 2 aliphatic carbocycles. The van der Waals surface area contributed by atoms with E-state index >= 15 is 0 Å². The lowest BCUT2D eigenvalue weighted by Gasteiger charge is -2.32. The number of rotatable bonds is 9. The molecule has 6 nitrogen and oxygen atoms in total. The van der Waals surface area contributed by atoms with Crippen LogP contribution in [0.2, 0.25) is 0 Å². The van der Waals surface area contributed by atoms with Crippen LogP contribution < -0.4 is 4.74 Å². The molecule has 2 amide bonds. The van der Waals surface area contributed by atoms with Gasteiger partial charge in [-0.15, -0.1) is 0 Å². The SMILES string of the molecule is CCC1(OC(=O)N2CCC(C3CC3CCOc3ccc(CC(=O)N4CCCC4)cc3)CC2)CC1. The first kappa shape index (κ1) is 23.5. The molecule has 186 valence electrons. The van der Waals surface area contributed by atoms with Crippen LogP contribution in [0.1, 0.15) is 70.3 Å². The lowest BCUT2D eigenvalue weighted by atomic mass is 9.91. The molecule has 2 atom stereocenters. The second-order valence-electron chi connectivity index (χ2n) is 10.9. The quantitative estimate of drug-likeness (QED) is 0.509. The first-order valence-corrected chi connectivity index (χ1v) is 13.5. The van der Waals surface area contributed by atoms with Crippen LogP contribution in [0.4, 0.5) is 4.79 Å². The highest BCUT2D eigenvalue weighted by molar-refractivity contribution is 5.79. The van der Waals surface area contributed by atoms with Crippen molar-refractivity contribution in [2.75, 3.05) is 32.8 Å². The van der Waals surface area contributed by atoms with Crippen molar-refractivity contribution in [1.82, 2.24) is 9.80 Å². The van der Waals surface area contributed by atoms with Gasteiger partial charge in [-0.1, -0.05) is 19.1 Å². The molecule has 2 aliphatic heterocycles. The van der Waals surface area contributed by atoms with Gasteiger partial charge in [-0.2, -0.15) is 0 Å². The Balaban J connectivity index is 0.971. The normalized spacial score (nSPS) is 25.8. The first-order valence-electron chi connectivity index (χ1n) is 13.5. The van der Waals surface area contributed by atoms with Crippen molar-refractivity contribution in [2.24, 2.45) is 17.8 Å². The topological polar surface area (TPSA) is 59.1 Å². The summed E-state index contributed by atoms with van der Waals surface area (Å²) in [4.78, 5) is 28.7. The number of carbonyl (C=O) groups is 2. The standard InChI is InChI=1S/C28H40N2O4/c1-2-28(12-13-28)34-27(32)30-16-9-22(10-17-30)25-20-23(25)11-18-33-24-7-5-21(6-8-24)19-26(31)29-14-3-4-15-29/h5-8,22-23,25H,2-4,9-20H2,1H3. The minimum absolute atomic E-state index is 0.0926. The van der Waals surface area contributed by atoms with E-state index in [9.17, 15) is 9.59 Å². The number of nitrogens with zero attached hydrogens (tertiary/aromatic N) is 2. The van der Waals surface area contributed by atoms with E-state index < -0.39 is 0 Å². The zero-order valence-electron chi connectivity index (χ0n) is 20.7. The maximum absolute atomic E-state index is 12.4. The maximum atomic E-state index is 12.4. The summed E-state index contributed by atoms with van der Waals surface area (Å²) in [6.07, 6.45) is 10.3. The fourth-order valence-corrected chi connectivity index (χ4v) is 5.89. The summed E-state index contributed by atoms with van der Waals surface area (Å²) in [7, 11) is 0. The number of likely N-dealkylation sites (tertiary alicyclic amines) is 2. The third-order valence-corrected chi connectivity index (χ3v) is 8.63. The zero-order valence-corrected chi connectivity index (χ0v) is 20.7. The summed E-state index contributed by atoms with van der Waals surface area (Å²) in [5.41, 5.74) is 0.921. The molecule has 4 fully saturated rings. The van der Waals surface area contributed by atoms with Crippen LogP contribution in [0, 0.1) is 17.8 Å². The molecule has 2 heterocycles. The zero-order chi connectivity index (χ0) is 23.5. The van der Waals surface area contributed by atoms with Crippen LogP contribution in [0.3, 0.4) is 0 Å². The molecule has 0 radical (unpaired) electrons. The Morgan fingerprint density at radius 1 is 1.00 bits per heavy atom. The summed E-state index contributed by atoms with van der Waals surface area (Å²) in [6.45, 7) is 6.36. The van der Waals surface area contributed by atoms with E-state index in [0.29, 0.717) is 6.42 Å². The Morgan fingerprint density at radius 3 is 2.35 bits per heavy atom. The Morgan fingerprint density at radius 2 is 1.71 bits per heavy atom. The molecule has 4 aliphatic rings. The van der Waals surface area contributed by atoms with Crippen LogP contribution in [0.15, 0.2) is 24.3 Å². The van der Waals surface area contributed by atoms with Crippen molar-refractivity contribution in [1.29, 1.82) is 0 Å². The van der Waals surface area contributed by atoms with E-state index in [2.05, 4.69) is 6.92 Å². The van der Waals surface area contributed by atoms with E-state index in [4.69, 9.17) is 9.47 Å². The fraction of sp³-hybridized carbons (Fsp3) is 0.714. The largest absolute Gasteiger partial charge is 0.494 e. The molecule has 0 N–H and O–H groups in total. The van der Waals surface area contributed by atoms with Crippen molar-refractivity contribution >= 4 is 12.0 Å². The number of hydrogen-bond donors (Lipinski definition) is 0. The summed E-state index contributed by atoms with van der Waals surface area (Å²) in [5.74, 6) is 3.42. The summed E-state index contributed by atoms with van der Waals surface area (Å²) < 4.78 is 11.8. The van der Waals surface area contributed by atoms with Gasteiger partial charge in [0.25, 0.3) is 0 Å². The number of ether oxygens (including phenoxy) is 2. The molecular formula is C28H40N2O4. The Bertz CT molecular complexity index is 852. The van der Waals surface area contributed by atoms with Gasteiger partial charge in [0.2, 0.25) is 5.91 Å². The van der Waals surface area contributed by atoms with Gasteiger partial charge in [-0.05, 0) is 93.2 Å². The molecule has 5 rings (SSSR count). The van der Waals surface area contributed by atoms with Crippen LogP contribution in [0.5, 0.6) is 5.75 Å². The summed E-state index contributed by atoms with van der Waals surface area (Å²) in [6, 6.07) is 8.04. The molecule has 6 heteroatoms. The average molecular weight is 469 g/mol. The minimum atomic E-state index is -0.138. The third-order valence-electron chi connectivity index (χ3n) is 8.63. The van der Waals surface area contributed by atoms with Gasteiger partial charge < -0.3 is 19.3 Å². The molecule has 2 unspecified atom stereocenters. The molecule has 34 heavy (non-hydrogen) atoms. The van der Waals surface area contributed by atoms with Gasteiger partial charge in [0.15, 0.2) is 0 Å². The second-order valence-corrected chi connectivity index (χ2v) is 10.9.